The van der Waals surface area contributed by atoms with E-state index >= 15 is 0 Å². The Morgan fingerprint density at radius 3 is 2.18 bits per heavy atom. The highest BCUT2D eigenvalue weighted by atomic mass is 79.9. The number of aromatic nitrogens is 1. The minimum Gasteiger partial charge on any atom is -0.477 e. The second-order valence-corrected chi connectivity index (χ2v) is 8.32. The molecule has 0 fully saturated rings. The van der Waals surface area contributed by atoms with Gasteiger partial charge >= 0.3 is 11.9 Å². The number of aromatic carboxylic acids is 1. The SMILES string of the molecule is COC(=O)[C@@H](OC(C)(C)C)c1c(C)nc(C(=O)O)c(C)c1-c1ccc(Br)cc1. The van der Waals surface area contributed by atoms with Crippen molar-refractivity contribution >= 4 is 27.9 Å². The van der Waals surface area contributed by atoms with Crippen LogP contribution in [0.5, 0.6) is 0 Å². The van der Waals surface area contributed by atoms with Crippen LogP contribution < -0.4 is 0 Å². The lowest BCUT2D eigenvalue weighted by molar-refractivity contribution is -0.164. The summed E-state index contributed by atoms with van der Waals surface area (Å²) in [5.41, 5.74) is 2.04. The number of methoxy groups -OCH3 is 1. The minimum absolute atomic E-state index is 0.0569. The van der Waals surface area contributed by atoms with E-state index < -0.39 is 23.6 Å². The number of hydrogen-bond acceptors (Lipinski definition) is 5. The third kappa shape index (κ3) is 4.77. The first kappa shape index (κ1) is 22.0. The Labute approximate surface area is 173 Å². The van der Waals surface area contributed by atoms with Crippen molar-refractivity contribution in [2.45, 2.75) is 46.3 Å². The maximum atomic E-state index is 12.6. The third-order valence-electron chi connectivity index (χ3n) is 4.15. The monoisotopic (exact) mass is 449 g/mol. The van der Waals surface area contributed by atoms with Gasteiger partial charge in [0.05, 0.1) is 12.7 Å². The van der Waals surface area contributed by atoms with Gasteiger partial charge in [0.1, 0.15) is 0 Å². The van der Waals surface area contributed by atoms with E-state index in [0.29, 0.717) is 22.4 Å². The fourth-order valence-electron chi connectivity index (χ4n) is 3.02. The van der Waals surface area contributed by atoms with E-state index in [9.17, 15) is 14.7 Å². The average Bonchev–Trinajstić information content (AvgIpc) is 2.60. The molecule has 7 heteroatoms. The highest BCUT2D eigenvalue weighted by molar-refractivity contribution is 9.10. The summed E-state index contributed by atoms with van der Waals surface area (Å²) in [4.78, 5) is 28.6. The fourth-order valence-corrected chi connectivity index (χ4v) is 3.28. The van der Waals surface area contributed by atoms with Crippen molar-refractivity contribution in [2.24, 2.45) is 0 Å². The summed E-state index contributed by atoms with van der Waals surface area (Å²) in [5.74, 6) is -1.70. The Morgan fingerprint density at radius 2 is 1.71 bits per heavy atom. The van der Waals surface area contributed by atoms with Crippen LogP contribution in [0.4, 0.5) is 0 Å². The van der Waals surface area contributed by atoms with E-state index in [1.165, 1.54) is 7.11 Å². The maximum absolute atomic E-state index is 12.6. The zero-order valence-electron chi connectivity index (χ0n) is 16.8. The number of carbonyl (C=O) groups excluding carboxylic acids is 1. The van der Waals surface area contributed by atoms with Gasteiger partial charge in [-0.25, -0.2) is 14.6 Å². The zero-order valence-corrected chi connectivity index (χ0v) is 18.4. The molecule has 28 heavy (non-hydrogen) atoms. The fraction of sp³-hybridized carbons (Fsp3) is 0.381. The summed E-state index contributed by atoms with van der Waals surface area (Å²) in [6, 6.07) is 7.41. The predicted octanol–water partition coefficient (Wildman–Crippen LogP) is 4.86. The Kier molecular flexibility index (Phi) is 6.62. The number of halogens is 1. The molecular weight excluding hydrogens is 426 g/mol. The van der Waals surface area contributed by atoms with Crippen molar-refractivity contribution in [3.8, 4) is 11.1 Å². The Hall–Kier alpha value is -2.25. The van der Waals surface area contributed by atoms with Gasteiger partial charge in [0.15, 0.2) is 11.8 Å². The molecular formula is C21H24BrNO5. The summed E-state index contributed by atoms with van der Waals surface area (Å²) in [6.07, 6.45) is -1.04. The van der Waals surface area contributed by atoms with Crippen molar-refractivity contribution in [1.29, 1.82) is 0 Å². The Bertz CT molecular complexity index is 900. The van der Waals surface area contributed by atoms with E-state index in [0.717, 1.165) is 10.0 Å². The average molecular weight is 450 g/mol. The molecule has 6 nitrogen and oxygen atoms in total. The predicted molar refractivity (Wildman–Crippen MR) is 109 cm³/mol. The van der Waals surface area contributed by atoms with Crippen LogP contribution >= 0.6 is 15.9 Å². The molecule has 150 valence electrons. The molecule has 0 aliphatic heterocycles. The number of carboxylic acid groups (broad SMARTS) is 1. The molecule has 0 amide bonds. The van der Waals surface area contributed by atoms with Gasteiger partial charge in [-0.15, -0.1) is 0 Å². The molecule has 2 rings (SSSR count). The second-order valence-electron chi connectivity index (χ2n) is 7.40. The smallest absolute Gasteiger partial charge is 0.354 e. The number of rotatable bonds is 5. The number of carboxylic acids is 1. The maximum Gasteiger partial charge on any atom is 0.354 e. The molecule has 0 bridgehead atoms. The molecule has 2 aromatic rings. The Balaban J connectivity index is 2.87. The van der Waals surface area contributed by atoms with Crippen LogP contribution in [0.2, 0.25) is 0 Å². The summed E-state index contributed by atoms with van der Waals surface area (Å²) in [5, 5.41) is 9.58. The van der Waals surface area contributed by atoms with Crippen LogP contribution in [-0.4, -0.2) is 34.7 Å². The summed E-state index contributed by atoms with van der Waals surface area (Å²) >= 11 is 3.41. The largest absolute Gasteiger partial charge is 0.477 e. The van der Waals surface area contributed by atoms with Gasteiger partial charge < -0.3 is 14.6 Å². The van der Waals surface area contributed by atoms with Crippen molar-refractivity contribution < 1.29 is 24.2 Å². The van der Waals surface area contributed by atoms with E-state index in [2.05, 4.69) is 20.9 Å². The zero-order chi connectivity index (χ0) is 21.2. The van der Waals surface area contributed by atoms with E-state index in [4.69, 9.17) is 9.47 Å². The molecule has 0 aliphatic rings. The van der Waals surface area contributed by atoms with Gasteiger partial charge in [0.2, 0.25) is 0 Å². The van der Waals surface area contributed by atoms with Crippen LogP contribution in [0.3, 0.4) is 0 Å². The van der Waals surface area contributed by atoms with Crippen molar-refractivity contribution in [3.63, 3.8) is 0 Å². The molecule has 1 aromatic carbocycles. The van der Waals surface area contributed by atoms with Gasteiger partial charge in [-0.2, -0.15) is 0 Å². The van der Waals surface area contributed by atoms with Gasteiger partial charge in [-0.3, -0.25) is 0 Å². The highest BCUT2D eigenvalue weighted by Crippen LogP contribution is 2.38. The molecule has 1 aromatic heterocycles. The molecule has 1 N–H and O–H groups in total. The first-order valence-electron chi connectivity index (χ1n) is 8.72. The molecule has 0 radical (unpaired) electrons. The normalized spacial score (nSPS) is 12.5. The van der Waals surface area contributed by atoms with Gasteiger partial charge in [0, 0.05) is 15.7 Å². The van der Waals surface area contributed by atoms with E-state index in [-0.39, 0.29) is 5.69 Å². The number of benzene rings is 1. The van der Waals surface area contributed by atoms with Crippen molar-refractivity contribution in [3.05, 3.63) is 51.3 Å². The number of hydrogen-bond donors (Lipinski definition) is 1. The molecule has 0 aliphatic carbocycles. The molecule has 0 saturated heterocycles. The van der Waals surface area contributed by atoms with Gasteiger partial charge in [-0.05, 0) is 63.4 Å². The third-order valence-corrected chi connectivity index (χ3v) is 4.68. The topological polar surface area (TPSA) is 85.7 Å². The molecule has 0 spiro atoms. The summed E-state index contributed by atoms with van der Waals surface area (Å²) in [6.45, 7) is 8.87. The van der Waals surface area contributed by atoms with Gasteiger partial charge in [-0.1, -0.05) is 28.1 Å². The number of carbonyl (C=O) groups is 2. The van der Waals surface area contributed by atoms with E-state index in [1.807, 2.05) is 45.0 Å². The van der Waals surface area contributed by atoms with Crippen LogP contribution in [-0.2, 0) is 14.3 Å². The first-order valence-corrected chi connectivity index (χ1v) is 9.51. The second kappa shape index (κ2) is 8.41. The van der Waals surface area contributed by atoms with Crippen LogP contribution in [0.1, 0.15) is 54.2 Å². The molecule has 1 atom stereocenters. The van der Waals surface area contributed by atoms with Crippen LogP contribution in [0, 0.1) is 13.8 Å². The summed E-state index contributed by atoms with van der Waals surface area (Å²) in [7, 11) is 1.29. The van der Waals surface area contributed by atoms with Crippen molar-refractivity contribution in [1.82, 2.24) is 4.98 Å². The summed E-state index contributed by atoms with van der Waals surface area (Å²) < 4.78 is 11.9. The lowest BCUT2D eigenvalue weighted by Gasteiger charge is -2.29. The highest BCUT2D eigenvalue weighted by Gasteiger charge is 2.34. The number of pyridine rings is 1. The van der Waals surface area contributed by atoms with Gasteiger partial charge in [0.25, 0.3) is 0 Å². The van der Waals surface area contributed by atoms with Crippen LogP contribution in [0.15, 0.2) is 28.7 Å². The molecule has 1 heterocycles. The lowest BCUT2D eigenvalue weighted by Crippen LogP contribution is -2.29. The first-order chi connectivity index (χ1) is 13.0. The number of aryl methyl sites for hydroxylation is 1. The number of esters is 1. The van der Waals surface area contributed by atoms with E-state index in [1.54, 1.807) is 13.8 Å². The Morgan fingerprint density at radius 1 is 1.14 bits per heavy atom. The standard InChI is InChI=1S/C21H24BrNO5/c1-11-15(13-7-9-14(22)10-8-13)16(12(2)23-17(11)19(24)25)18(20(26)27-6)28-21(3,4)5/h7-10,18H,1-6H3,(H,24,25)/t18-/m0/s1. The number of nitrogens with zero attached hydrogens (tertiary/aromatic N) is 1. The van der Waals surface area contributed by atoms with Crippen molar-refractivity contribution in [2.75, 3.05) is 7.11 Å². The number of ether oxygens (including phenoxy) is 2. The lowest BCUT2D eigenvalue weighted by atomic mass is 9.90. The molecule has 0 saturated carbocycles. The minimum atomic E-state index is -1.13. The van der Waals surface area contributed by atoms with Crippen LogP contribution in [0.25, 0.3) is 11.1 Å². The molecule has 0 unspecified atom stereocenters. The quantitative estimate of drug-likeness (QED) is 0.656.